The maximum atomic E-state index is 15.0. The lowest BCUT2D eigenvalue weighted by molar-refractivity contribution is 0.0197. The lowest BCUT2D eigenvalue weighted by atomic mass is 9.92. The van der Waals surface area contributed by atoms with Crippen LogP contribution in [0.25, 0.3) is 33.2 Å². The molecular formula is C46H58F2N10O4. The Morgan fingerprint density at radius 3 is 1.65 bits per heavy atom. The van der Waals surface area contributed by atoms with Crippen molar-refractivity contribution >= 4 is 27.9 Å². The summed E-state index contributed by atoms with van der Waals surface area (Å²) in [7, 11) is 2.14. The number of fused-ring (bicyclic) bond motifs is 2. The number of rotatable bonds is 8. The number of likely N-dealkylation sites (tertiary alicyclic amines) is 2. The van der Waals surface area contributed by atoms with Crippen LogP contribution < -0.4 is 9.47 Å². The summed E-state index contributed by atoms with van der Waals surface area (Å²) in [6.07, 6.45) is 3.43. The summed E-state index contributed by atoms with van der Waals surface area (Å²) in [4.78, 5) is 16.7. The third-order valence-electron chi connectivity index (χ3n) is 11.5. The Balaban J connectivity index is 0.000000190. The lowest BCUT2D eigenvalue weighted by Gasteiger charge is -2.33. The number of piperidine rings is 2. The average Bonchev–Trinajstić information content (AvgIpc) is 3.76. The van der Waals surface area contributed by atoms with Crippen molar-refractivity contribution < 1.29 is 27.8 Å². The van der Waals surface area contributed by atoms with Crippen molar-refractivity contribution in [3.05, 3.63) is 82.2 Å². The molecule has 4 aromatic heterocycles. The summed E-state index contributed by atoms with van der Waals surface area (Å²) in [6, 6.07) is 9.66. The smallest absolute Gasteiger partial charge is 0.410 e. The Morgan fingerprint density at radius 2 is 1.19 bits per heavy atom. The largest absolute Gasteiger partial charge is 0.494 e. The van der Waals surface area contributed by atoms with Gasteiger partial charge in [0.25, 0.3) is 0 Å². The number of nitrogens with zero attached hydrogens (tertiary/aromatic N) is 10. The van der Waals surface area contributed by atoms with Crippen molar-refractivity contribution in [2.75, 3.05) is 46.4 Å². The Hall–Kier alpha value is -5.77. The van der Waals surface area contributed by atoms with Gasteiger partial charge in [0.05, 0.1) is 47.4 Å². The fourth-order valence-corrected chi connectivity index (χ4v) is 8.51. The van der Waals surface area contributed by atoms with Gasteiger partial charge in [-0.3, -0.25) is 0 Å². The van der Waals surface area contributed by atoms with Crippen molar-refractivity contribution in [3.63, 3.8) is 0 Å². The second kappa shape index (κ2) is 18.3. The Bertz CT molecular complexity index is 2580. The highest BCUT2D eigenvalue weighted by atomic mass is 19.1. The number of aromatic nitrogens is 8. The molecule has 0 spiro atoms. The highest BCUT2D eigenvalue weighted by Gasteiger charge is 2.32. The maximum absolute atomic E-state index is 15.0. The maximum Gasteiger partial charge on any atom is 0.410 e. The van der Waals surface area contributed by atoms with Crippen LogP contribution in [0.3, 0.4) is 0 Å². The number of ether oxygens (including phenoxy) is 3. The number of carbonyl (C=O) groups is 1. The SMILES string of the molecule is CCOc1ccc(-n2nc3c(C4CCCN(C(=O)OC(C)(C)C)C4)nnc(C)c3c2C)c(F)c1.CCOc1ccc(-n2nc3c(C4CCN(C)CC4)nnc(C)c3c2C)c(F)c1. The first-order valence-electron chi connectivity index (χ1n) is 21.5. The number of halogens is 2. The van der Waals surface area contributed by atoms with Gasteiger partial charge in [0.1, 0.15) is 39.5 Å². The van der Waals surface area contributed by atoms with Crippen LogP contribution in [0.2, 0.25) is 0 Å². The molecule has 0 aliphatic carbocycles. The standard InChI is InChI=1S/C25H32FN5O3.C21H26FN5O/c1-7-33-18-10-11-20(19(26)13-18)31-16(3)21-15(2)27-28-22(23(21)29-31)17-9-8-12-30(14-17)24(32)34-25(4,5)6;1-5-28-16-6-7-18(17(22)12-16)27-14(3)19-13(2)23-24-20(21(19)25-27)15-8-10-26(4)11-9-15/h10-11,13,17H,7-9,12,14H2,1-6H3;6-7,12,15H,5,8-11H2,1-4H3. The van der Waals surface area contributed by atoms with Gasteiger partial charge in [0, 0.05) is 47.8 Å². The molecule has 0 N–H and O–H groups in total. The molecule has 0 saturated carbocycles. The first-order chi connectivity index (χ1) is 29.6. The summed E-state index contributed by atoms with van der Waals surface area (Å²) in [5, 5.41) is 29.2. The van der Waals surface area contributed by atoms with Gasteiger partial charge in [0.2, 0.25) is 0 Å². The van der Waals surface area contributed by atoms with E-state index in [0.29, 0.717) is 60.6 Å². The molecule has 6 heterocycles. The van der Waals surface area contributed by atoms with Crippen molar-refractivity contribution in [3.8, 4) is 22.9 Å². The summed E-state index contributed by atoms with van der Waals surface area (Å²) in [6.45, 7) is 21.1. The number of amides is 1. The van der Waals surface area contributed by atoms with Gasteiger partial charge in [-0.15, -0.1) is 0 Å². The van der Waals surface area contributed by atoms with E-state index < -0.39 is 11.4 Å². The molecule has 2 aromatic carbocycles. The average molecular weight is 853 g/mol. The van der Waals surface area contributed by atoms with Crippen molar-refractivity contribution in [2.45, 2.75) is 105 Å². The number of benzene rings is 2. The molecule has 0 radical (unpaired) electrons. The zero-order valence-corrected chi connectivity index (χ0v) is 37.6. The molecule has 330 valence electrons. The monoisotopic (exact) mass is 852 g/mol. The highest BCUT2D eigenvalue weighted by molar-refractivity contribution is 5.87. The second-order valence-electron chi connectivity index (χ2n) is 17.2. The number of carbonyl (C=O) groups excluding carboxylic acids is 1. The Labute approximate surface area is 361 Å². The van der Waals surface area contributed by atoms with Crippen LogP contribution in [0.5, 0.6) is 11.5 Å². The van der Waals surface area contributed by atoms with Gasteiger partial charge in [-0.25, -0.2) is 22.9 Å². The topological polar surface area (TPSA) is 138 Å². The molecule has 62 heavy (non-hydrogen) atoms. The highest BCUT2D eigenvalue weighted by Crippen LogP contribution is 2.36. The summed E-state index contributed by atoms with van der Waals surface area (Å²) < 4.78 is 49.4. The summed E-state index contributed by atoms with van der Waals surface area (Å²) in [5.41, 5.74) is 6.58. The minimum Gasteiger partial charge on any atom is -0.494 e. The minimum absolute atomic E-state index is 0.0372. The van der Waals surface area contributed by atoms with Crippen LogP contribution in [0.15, 0.2) is 36.4 Å². The molecular weight excluding hydrogens is 795 g/mol. The molecule has 16 heteroatoms. The van der Waals surface area contributed by atoms with Gasteiger partial charge in [-0.1, -0.05) is 0 Å². The fraction of sp³-hybridized carbons (Fsp3) is 0.500. The molecule has 1 atom stereocenters. The fourth-order valence-electron chi connectivity index (χ4n) is 8.51. The van der Waals surface area contributed by atoms with E-state index in [2.05, 4.69) is 32.3 Å². The molecule has 6 aromatic rings. The van der Waals surface area contributed by atoms with Crippen LogP contribution in [0, 0.1) is 39.3 Å². The number of aryl methyl sites for hydroxylation is 4. The normalized spacial score (nSPS) is 16.4. The van der Waals surface area contributed by atoms with E-state index in [1.165, 1.54) is 12.1 Å². The third kappa shape index (κ3) is 9.20. The van der Waals surface area contributed by atoms with Gasteiger partial charge in [0.15, 0.2) is 11.6 Å². The van der Waals surface area contributed by atoms with Gasteiger partial charge in [-0.05, 0) is 132 Å². The van der Waals surface area contributed by atoms with E-state index in [1.807, 2.05) is 62.3 Å². The first-order valence-corrected chi connectivity index (χ1v) is 21.5. The molecule has 2 fully saturated rings. The van der Waals surface area contributed by atoms with Crippen LogP contribution in [0.1, 0.15) is 106 Å². The molecule has 2 aliphatic rings. The van der Waals surface area contributed by atoms with Crippen LogP contribution in [-0.2, 0) is 4.74 Å². The van der Waals surface area contributed by atoms with E-state index in [4.69, 9.17) is 24.4 Å². The van der Waals surface area contributed by atoms with Crippen LogP contribution >= 0.6 is 0 Å². The molecule has 2 saturated heterocycles. The summed E-state index contributed by atoms with van der Waals surface area (Å²) >= 11 is 0. The molecule has 1 amide bonds. The van der Waals surface area contributed by atoms with Gasteiger partial charge >= 0.3 is 6.09 Å². The summed E-state index contributed by atoms with van der Waals surface area (Å²) in [5.74, 6) is 0.508. The van der Waals surface area contributed by atoms with E-state index in [9.17, 15) is 13.6 Å². The molecule has 0 bridgehead atoms. The Kier molecular flexibility index (Phi) is 13.1. The van der Waals surface area contributed by atoms with Crippen molar-refractivity contribution in [1.29, 1.82) is 0 Å². The predicted molar refractivity (Wildman–Crippen MR) is 234 cm³/mol. The van der Waals surface area contributed by atoms with E-state index in [0.717, 1.165) is 89.2 Å². The van der Waals surface area contributed by atoms with Crippen LogP contribution in [-0.4, -0.2) is 108 Å². The molecule has 8 rings (SSSR count). The van der Waals surface area contributed by atoms with Crippen LogP contribution in [0.4, 0.5) is 13.6 Å². The van der Waals surface area contributed by atoms with Gasteiger partial charge in [-0.2, -0.15) is 30.6 Å². The quantitative estimate of drug-likeness (QED) is 0.145. The first kappa shape index (κ1) is 44.3. The number of hydrogen-bond donors (Lipinski definition) is 0. The predicted octanol–water partition coefficient (Wildman–Crippen LogP) is 8.86. The lowest BCUT2D eigenvalue weighted by Crippen LogP contribution is -2.42. The molecule has 1 unspecified atom stereocenters. The second-order valence-corrected chi connectivity index (χ2v) is 17.2. The van der Waals surface area contributed by atoms with Crippen molar-refractivity contribution in [1.82, 2.24) is 49.8 Å². The third-order valence-corrected chi connectivity index (χ3v) is 11.5. The zero-order valence-electron chi connectivity index (χ0n) is 37.6. The molecule has 2 aliphatic heterocycles. The zero-order chi connectivity index (χ0) is 44.5. The van der Waals surface area contributed by atoms with Crippen molar-refractivity contribution in [2.24, 2.45) is 0 Å². The number of hydrogen-bond acceptors (Lipinski definition) is 11. The van der Waals surface area contributed by atoms with E-state index in [1.54, 1.807) is 38.5 Å². The molecule has 14 nitrogen and oxygen atoms in total. The van der Waals surface area contributed by atoms with E-state index in [-0.39, 0.29) is 17.8 Å². The Morgan fingerprint density at radius 1 is 0.710 bits per heavy atom. The van der Waals surface area contributed by atoms with E-state index >= 15 is 0 Å². The van der Waals surface area contributed by atoms with Gasteiger partial charge < -0.3 is 24.0 Å². The minimum atomic E-state index is -0.557.